The first-order valence-corrected chi connectivity index (χ1v) is 11.0. The third-order valence-electron chi connectivity index (χ3n) is 5.66. The average Bonchev–Trinajstić information content (AvgIpc) is 3.20. The highest BCUT2D eigenvalue weighted by Gasteiger charge is 2.48. The number of thiophene rings is 1. The summed E-state index contributed by atoms with van der Waals surface area (Å²) < 4.78 is 20.8. The number of anilines is 1. The highest BCUT2D eigenvalue weighted by atomic mass is 79.9. The number of carbonyl (C=O) groups is 1. The van der Waals surface area contributed by atoms with E-state index in [-0.39, 0.29) is 35.4 Å². The number of halogens is 2. The number of aromatic nitrogens is 2. The van der Waals surface area contributed by atoms with Crippen LogP contribution in [0.2, 0.25) is 0 Å². The monoisotopic (exact) mass is 453 g/mol. The van der Waals surface area contributed by atoms with E-state index >= 15 is 4.39 Å². The van der Waals surface area contributed by atoms with Gasteiger partial charge < -0.3 is 10.1 Å². The Morgan fingerprint density at radius 3 is 2.74 bits per heavy atom. The fraction of sp³-hybridized carbons (Fsp3) is 0.526. The first-order chi connectivity index (χ1) is 13.1. The minimum Gasteiger partial charge on any atom is -0.466 e. The first-order valence-electron chi connectivity index (χ1n) is 9.28. The summed E-state index contributed by atoms with van der Waals surface area (Å²) in [6, 6.07) is 3.53. The maximum atomic E-state index is 15.2. The summed E-state index contributed by atoms with van der Waals surface area (Å²) in [4.78, 5) is 21.8. The molecule has 0 spiro atoms. The molecule has 5 rings (SSSR count). The van der Waals surface area contributed by atoms with Gasteiger partial charge in [-0.1, -0.05) is 6.07 Å². The van der Waals surface area contributed by atoms with Crippen LogP contribution in [0.1, 0.15) is 32.6 Å². The normalized spacial score (nSPS) is 26.8. The number of carbonyl (C=O) groups excluding carboxylic acids is 1. The van der Waals surface area contributed by atoms with E-state index in [2.05, 4.69) is 31.2 Å². The van der Waals surface area contributed by atoms with E-state index in [0.717, 1.165) is 30.6 Å². The number of rotatable bonds is 5. The van der Waals surface area contributed by atoms with Crippen molar-refractivity contribution in [2.75, 3.05) is 11.9 Å². The van der Waals surface area contributed by atoms with Gasteiger partial charge in [-0.15, -0.1) is 11.3 Å². The molecule has 144 valence electrons. The summed E-state index contributed by atoms with van der Waals surface area (Å²) in [5.74, 6) is -0.164. The molecule has 1 N–H and O–H groups in total. The third-order valence-corrected chi connectivity index (χ3v) is 6.89. The molecule has 0 saturated heterocycles. The van der Waals surface area contributed by atoms with Crippen molar-refractivity contribution < 1.29 is 13.9 Å². The van der Waals surface area contributed by atoms with E-state index in [9.17, 15) is 4.79 Å². The number of ether oxygens (including phenoxy) is 1. The Hall–Kier alpha value is -1.54. The zero-order valence-electron chi connectivity index (χ0n) is 15.0. The van der Waals surface area contributed by atoms with Crippen molar-refractivity contribution in [2.24, 2.45) is 17.8 Å². The van der Waals surface area contributed by atoms with Gasteiger partial charge in [0.1, 0.15) is 5.69 Å². The van der Waals surface area contributed by atoms with Gasteiger partial charge >= 0.3 is 5.97 Å². The van der Waals surface area contributed by atoms with Crippen LogP contribution < -0.4 is 5.32 Å². The van der Waals surface area contributed by atoms with Gasteiger partial charge in [-0.25, -0.2) is 14.4 Å². The highest BCUT2D eigenvalue weighted by Crippen LogP contribution is 2.47. The molecule has 8 heteroatoms. The molecular weight excluding hydrogens is 433 g/mol. The Morgan fingerprint density at radius 2 is 2.07 bits per heavy atom. The quantitative estimate of drug-likeness (QED) is 0.515. The van der Waals surface area contributed by atoms with Crippen molar-refractivity contribution in [1.29, 1.82) is 0 Å². The van der Waals surface area contributed by atoms with Crippen molar-refractivity contribution in [2.45, 2.75) is 38.6 Å². The molecule has 3 aliphatic rings. The molecule has 3 aliphatic carbocycles. The minimum absolute atomic E-state index is 0.145. The number of nitrogens with one attached hydrogen (secondary N) is 1. The third kappa shape index (κ3) is 3.61. The van der Waals surface area contributed by atoms with Crippen molar-refractivity contribution in [3.05, 3.63) is 28.1 Å². The molecule has 0 aromatic carbocycles. The highest BCUT2D eigenvalue weighted by molar-refractivity contribution is 9.10. The fourth-order valence-corrected chi connectivity index (χ4v) is 5.55. The van der Waals surface area contributed by atoms with E-state index in [4.69, 9.17) is 4.74 Å². The zero-order chi connectivity index (χ0) is 19.0. The van der Waals surface area contributed by atoms with Gasteiger partial charge in [-0.3, -0.25) is 4.79 Å². The molecule has 3 fully saturated rings. The number of esters is 1. The summed E-state index contributed by atoms with van der Waals surface area (Å²) in [6.07, 6.45) is 4.15. The minimum atomic E-state index is -0.482. The molecule has 2 aromatic rings. The number of hydrogen-bond acceptors (Lipinski definition) is 6. The molecule has 2 heterocycles. The summed E-state index contributed by atoms with van der Waals surface area (Å²) >= 11 is 4.72. The molecule has 0 radical (unpaired) electrons. The summed E-state index contributed by atoms with van der Waals surface area (Å²) in [7, 11) is 0. The Balaban J connectivity index is 1.67. The van der Waals surface area contributed by atoms with E-state index in [1.165, 1.54) is 11.3 Å². The molecule has 2 bridgehead atoms. The van der Waals surface area contributed by atoms with Crippen molar-refractivity contribution in [1.82, 2.24) is 9.97 Å². The van der Waals surface area contributed by atoms with Crippen LogP contribution in [0.15, 0.2) is 22.2 Å². The summed E-state index contributed by atoms with van der Waals surface area (Å²) in [6.45, 7) is 2.17. The molecule has 0 amide bonds. The number of nitrogens with zero attached hydrogens (tertiary/aromatic N) is 2. The van der Waals surface area contributed by atoms with Crippen LogP contribution in [0, 0.1) is 23.6 Å². The van der Waals surface area contributed by atoms with E-state index in [1.54, 1.807) is 0 Å². The summed E-state index contributed by atoms with van der Waals surface area (Å²) in [5.41, 5.74) is 0.267. The van der Waals surface area contributed by atoms with Gasteiger partial charge in [0, 0.05) is 6.04 Å². The smallest absolute Gasteiger partial charge is 0.311 e. The van der Waals surface area contributed by atoms with Crippen LogP contribution in [0.25, 0.3) is 10.6 Å². The second kappa shape index (κ2) is 7.83. The van der Waals surface area contributed by atoms with Gasteiger partial charge in [-0.2, -0.15) is 0 Å². The molecule has 5 nitrogen and oxygen atoms in total. The predicted molar refractivity (Wildman–Crippen MR) is 106 cm³/mol. The second-order valence-corrected chi connectivity index (χ2v) is 8.76. The predicted octanol–water partition coefficient (Wildman–Crippen LogP) is 4.89. The molecule has 0 unspecified atom stereocenters. The Labute approximate surface area is 169 Å². The first kappa shape index (κ1) is 18.8. The lowest BCUT2D eigenvalue weighted by Gasteiger charge is -2.47. The Bertz CT molecular complexity index is 825. The largest absolute Gasteiger partial charge is 0.466 e. The molecule has 0 aliphatic heterocycles. The maximum Gasteiger partial charge on any atom is 0.311 e. The van der Waals surface area contributed by atoms with E-state index in [0.29, 0.717) is 17.3 Å². The van der Waals surface area contributed by atoms with Gasteiger partial charge in [0.15, 0.2) is 16.4 Å². The van der Waals surface area contributed by atoms with Crippen LogP contribution in [0.3, 0.4) is 0 Å². The van der Waals surface area contributed by atoms with Crippen LogP contribution in [-0.4, -0.2) is 28.6 Å². The lowest BCUT2D eigenvalue weighted by Crippen LogP contribution is -2.52. The van der Waals surface area contributed by atoms with Crippen LogP contribution in [-0.2, 0) is 9.53 Å². The maximum absolute atomic E-state index is 15.2. The Kier molecular flexibility index (Phi) is 5.45. The van der Waals surface area contributed by atoms with Crippen molar-refractivity contribution >= 4 is 39.1 Å². The average molecular weight is 454 g/mol. The second-order valence-electron chi connectivity index (χ2n) is 7.10. The molecule has 2 aromatic heterocycles. The topological polar surface area (TPSA) is 64.1 Å². The van der Waals surface area contributed by atoms with Crippen molar-refractivity contribution in [3.8, 4) is 10.6 Å². The lowest BCUT2D eigenvalue weighted by atomic mass is 9.61. The fourth-order valence-electron chi connectivity index (χ4n) is 4.48. The molecular formula is C19H21BrFN3O2S. The Morgan fingerprint density at radius 1 is 1.33 bits per heavy atom. The number of hydrogen-bond donors (Lipinski definition) is 1. The van der Waals surface area contributed by atoms with Crippen LogP contribution >= 0.6 is 27.3 Å². The van der Waals surface area contributed by atoms with E-state index in [1.807, 2.05) is 24.4 Å². The van der Waals surface area contributed by atoms with Crippen molar-refractivity contribution in [3.63, 3.8) is 0 Å². The molecule has 2 atom stereocenters. The standard InChI is InChI=1S/C19H21BrFN3O2S/c1-2-26-18(25)13-10-5-7-11(8-6-10)15(13)22-17-14(21)16(23-19(20)24-17)12-4-3-9-27-12/h3-4,9-11,13,15H,2,5-8H2,1H3,(H,22,23,24)/t10?,11?,13-,15-/m1/s1. The molecule has 27 heavy (non-hydrogen) atoms. The van der Waals surface area contributed by atoms with Gasteiger partial charge in [0.2, 0.25) is 0 Å². The van der Waals surface area contributed by atoms with E-state index < -0.39 is 5.82 Å². The van der Waals surface area contributed by atoms with Crippen LogP contribution in [0.5, 0.6) is 0 Å². The SMILES string of the molecule is CCOC(=O)[C@@H]1C2CCC(CC2)[C@H]1Nc1nc(Br)nc(-c2cccs2)c1F. The van der Waals surface area contributed by atoms with Gasteiger partial charge in [0.05, 0.1) is 17.4 Å². The zero-order valence-corrected chi connectivity index (χ0v) is 17.4. The summed E-state index contributed by atoms with van der Waals surface area (Å²) in [5, 5.41) is 5.14. The lowest BCUT2D eigenvalue weighted by molar-refractivity contribution is -0.154. The molecule has 3 saturated carbocycles. The number of fused-ring (bicyclic) bond motifs is 3. The van der Waals surface area contributed by atoms with Gasteiger partial charge in [-0.05, 0) is 71.8 Å². The van der Waals surface area contributed by atoms with Gasteiger partial charge in [0.25, 0.3) is 0 Å². The van der Waals surface area contributed by atoms with Crippen LogP contribution in [0.4, 0.5) is 10.2 Å².